The molecule has 3 aliphatic rings. The maximum absolute atomic E-state index is 13.8. The van der Waals surface area contributed by atoms with Gasteiger partial charge in [0, 0.05) is 44.1 Å². The van der Waals surface area contributed by atoms with E-state index in [0.29, 0.717) is 17.1 Å². The molecule has 2 saturated heterocycles. The minimum atomic E-state index is -1.23. The molecular weight excluding hydrogens is 428 g/mol. The third-order valence-electron chi connectivity index (χ3n) is 7.37. The molecule has 32 heavy (non-hydrogen) atoms. The van der Waals surface area contributed by atoms with Crippen LogP contribution < -0.4 is 0 Å². The van der Waals surface area contributed by atoms with Crippen LogP contribution in [0.3, 0.4) is 0 Å². The minimum Gasteiger partial charge on any atom is -0.378 e. The molecule has 1 aromatic carbocycles. The number of benzene rings is 1. The molecule has 2 heterocycles. The topological polar surface area (TPSA) is 66.9 Å². The van der Waals surface area contributed by atoms with Crippen molar-refractivity contribution in [2.24, 2.45) is 0 Å². The predicted molar refractivity (Wildman–Crippen MR) is 122 cm³/mol. The second-order valence-corrected chi connectivity index (χ2v) is 9.92. The van der Waals surface area contributed by atoms with Gasteiger partial charge >= 0.3 is 0 Å². The van der Waals surface area contributed by atoms with Crippen LogP contribution in [0.1, 0.15) is 69.8 Å². The Labute approximate surface area is 195 Å². The lowest BCUT2D eigenvalue weighted by molar-refractivity contribution is -0.144. The average molecular weight is 461 g/mol. The van der Waals surface area contributed by atoms with E-state index in [1.54, 1.807) is 30.1 Å². The van der Waals surface area contributed by atoms with E-state index >= 15 is 0 Å². The van der Waals surface area contributed by atoms with Crippen LogP contribution in [0.2, 0.25) is 5.02 Å². The van der Waals surface area contributed by atoms with Crippen LogP contribution in [0.5, 0.6) is 0 Å². The number of imide groups is 1. The number of hydrogen-bond acceptors (Lipinski definition) is 4. The summed E-state index contributed by atoms with van der Waals surface area (Å²) in [6, 6.07) is 7.06. The van der Waals surface area contributed by atoms with Crippen molar-refractivity contribution in [2.75, 3.05) is 20.2 Å². The number of nitrogens with zero attached hydrogens (tertiary/aromatic N) is 2. The van der Waals surface area contributed by atoms with Gasteiger partial charge in [-0.3, -0.25) is 19.3 Å². The van der Waals surface area contributed by atoms with E-state index in [1.807, 2.05) is 6.07 Å². The maximum atomic E-state index is 13.8. The van der Waals surface area contributed by atoms with Crippen LogP contribution >= 0.6 is 11.6 Å². The van der Waals surface area contributed by atoms with E-state index in [-0.39, 0.29) is 42.7 Å². The number of ether oxygens (including phenoxy) is 1. The molecule has 1 saturated carbocycles. The minimum absolute atomic E-state index is 0.00260. The van der Waals surface area contributed by atoms with Crippen molar-refractivity contribution < 1.29 is 19.1 Å². The SMILES string of the molecule is CN(CC[C@H]1CCCCO1)C(=O)C[C@@]1(c2ccccc2Cl)CC(=O)N(C2CCCC2)C1=O. The Hall–Kier alpha value is -1.92. The molecule has 0 radical (unpaired) electrons. The van der Waals surface area contributed by atoms with Gasteiger partial charge in [0.05, 0.1) is 11.5 Å². The molecule has 7 heteroatoms. The first-order valence-electron chi connectivity index (χ1n) is 11.9. The lowest BCUT2D eigenvalue weighted by atomic mass is 9.75. The van der Waals surface area contributed by atoms with Crippen LogP contribution in [0.4, 0.5) is 0 Å². The van der Waals surface area contributed by atoms with Gasteiger partial charge in [0.25, 0.3) is 0 Å². The van der Waals surface area contributed by atoms with Crippen molar-refractivity contribution in [3.63, 3.8) is 0 Å². The van der Waals surface area contributed by atoms with Crippen molar-refractivity contribution in [3.05, 3.63) is 34.9 Å². The quantitative estimate of drug-likeness (QED) is 0.575. The van der Waals surface area contributed by atoms with Crippen LogP contribution in [0.25, 0.3) is 0 Å². The number of rotatable bonds is 7. The molecule has 174 valence electrons. The molecule has 1 aromatic rings. The van der Waals surface area contributed by atoms with E-state index in [0.717, 1.165) is 58.0 Å². The highest BCUT2D eigenvalue weighted by Crippen LogP contribution is 2.45. The van der Waals surface area contributed by atoms with E-state index in [4.69, 9.17) is 16.3 Å². The van der Waals surface area contributed by atoms with E-state index < -0.39 is 5.41 Å². The third kappa shape index (κ3) is 4.58. The fourth-order valence-corrected chi connectivity index (χ4v) is 5.79. The Morgan fingerprint density at radius 3 is 2.56 bits per heavy atom. The van der Waals surface area contributed by atoms with E-state index in [2.05, 4.69) is 0 Å². The van der Waals surface area contributed by atoms with Crippen LogP contribution in [0, 0.1) is 0 Å². The van der Waals surface area contributed by atoms with Gasteiger partial charge in [-0.05, 0) is 50.2 Å². The second-order valence-electron chi connectivity index (χ2n) is 9.52. The molecule has 0 N–H and O–H groups in total. The number of amides is 3. The molecule has 2 aliphatic heterocycles. The summed E-state index contributed by atoms with van der Waals surface area (Å²) in [7, 11) is 1.77. The second kappa shape index (κ2) is 9.92. The zero-order chi connectivity index (χ0) is 22.7. The Balaban J connectivity index is 1.55. The van der Waals surface area contributed by atoms with Crippen molar-refractivity contribution in [1.29, 1.82) is 0 Å². The highest BCUT2D eigenvalue weighted by molar-refractivity contribution is 6.32. The highest BCUT2D eigenvalue weighted by Gasteiger charge is 2.56. The lowest BCUT2D eigenvalue weighted by Crippen LogP contribution is -2.45. The van der Waals surface area contributed by atoms with Gasteiger partial charge in [0.1, 0.15) is 0 Å². The largest absolute Gasteiger partial charge is 0.378 e. The first kappa shape index (κ1) is 23.2. The van der Waals surface area contributed by atoms with Gasteiger partial charge in [-0.15, -0.1) is 0 Å². The molecule has 1 aliphatic carbocycles. The molecule has 4 rings (SSSR count). The number of halogens is 1. The fraction of sp³-hybridized carbons (Fsp3) is 0.640. The first-order valence-corrected chi connectivity index (χ1v) is 12.3. The summed E-state index contributed by atoms with van der Waals surface area (Å²) < 4.78 is 5.79. The summed E-state index contributed by atoms with van der Waals surface area (Å²) in [6.07, 6.45) is 7.91. The standard InChI is InChI=1S/C25H33ClN2O4/c1-27(14-13-19-10-6-7-15-32-19)22(29)16-25(20-11-4-5-12-21(20)26)17-23(30)28(24(25)31)18-8-2-3-9-18/h4-5,11-12,18-19H,2-3,6-10,13-17H2,1H3/t19-,25+/m1/s1. The smallest absolute Gasteiger partial charge is 0.241 e. The number of carbonyl (C=O) groups excluding carboxylic acids is 3. The first-order chi connectivity index (χ1) is 15.4. The zero-order valence-corrected chi connectivity index (χ0v) is 19.6. The summed E-state index contributed by atoms with van der Waals surface area (Å²) in [5.41, 5.74) is -0.650. The normalized spacial score (nSPS) is 26.7. The van der Waals surface area contributed by atoms with E-state index in [9.17, 15) is 14.4 Å². The summed E-state index contributed by atoms with van der Waals surface area (Å²) in [4.78, 5) is 43.3. The van der Waals surface area contributed by atoms with Gasteiger partial charge < -0.3 is 9.64 Å². The van der Waals surface area contributed by atoms with Gasteiger partial charge in [-0.2, -0.15) is 0 Å². The molecule has 0 spiro atoms. The molecule has 0 bridgehead atoms. The molecule has 6 nitrogen and oxygen atoms in total. The fourth-order valence-electron chi connectivity index (χ4n) is 5.48. The lowest BCUT2D eigenvalue weighted by Gasteiger charge is -2.31. The van der Waals surface area contributed by atoms with Gasteiger partial charge in [0.15, 0.2) is 0 Å². The number of carbonyl (C=O) groups is 3. The van der Waals surface area contributed by atoms with E-state index in [1.165, 1.54) is 4.90 Å². The molecule has 3 fully saturated rings. The van der Waals surface area contributed by atoms with Crippen molar-refractivity contribution in [3.8, 4) is 0 Å². The molecule has 3 amide bonds. The molecule has 0 aromatic heterocycles. The summed E-state index contributed by atoms with van der Waals surface area (Å²) in [5.74, 6) is -0.595. The number of hydrogen-bond donors (Lipinski definition) is 0. The molecule has 2 atom stereocenters. The van der Waals surface area contributed by atoms with Gasteiger partial charge in [-0.25, -0.2) is 0 Å². The van der Waals surface area contributed by atoms with Gasteiger partial charge in [0.2, 0.25) is 17.7 Å². The van der Waals surface area contributed by atoms with Crippen LogP contribution in [0.15, 0.2) is 24.3 Å². The monoisotopic (exact) mass is 460 g/mol. The maximum Gasteiger partial charge on any atom is 0.241 e. The van der Waals surface area contributed by atoms with Crippen molar-refractivity contribution in [1.82, 2.24) is 9.80 Å². The predicted octanol–water partition coefficient (Wildman–Crippen LogP) is 4.09. The van der Waals surface area contributed by atoms with Crippen LogP contribution in [-0.2, 0) is 24.5 Å². The van der Waals surface area contributed by atoms with Crippen molar-refractivity contribution >= 4 is 29.3 Å². The Morgan fingerprint density at radius 2 is 1.88 bits per heavy atom. The Bertz CT molecular complexity index is 863. The van der Waals surface area contributed by atoms with Gasteiger partial charge in [-0.1, -0.05) is 42.6 Å². The molecule has 0 unspecified atom stereocenters. The summed E-state index contributed by atoms with van der Waals surface area (Å²) in [6.45, 7) is 1.35. The third-order valence-corrected chi connectivity index (χ3v) is 7.70. The Kier molecular flexibility index (Phi) is 7.21. The average Bonchev–Trinajstić information content (AvgIpc) is 3.39. The highest BCUT2D eigenvalue weighted by atomic mass is 35.5. The Morgan fingerprint density at radius 1 is 1.16 bits per heavy atom. The summed E-state index contributed by atoms with van der Waals surface area (Å²) >= 11 is 6.52. The van der Waals surface area contributed by atoms with Crippen LogP contribution in [-0.4, -0.2) is 59.9 Å². The summed E-state index contributed by atoms with van der Waals surface area (Å²) in [5, 5.41) is 0.424. The van der Waals surface area contributed by atoms with Crippen molar-refractivity contribution in [2.45, 2.75) is 81.8 Å². The number of likely N-dealkylation sites (tertiary alicyclic amines) is 1. The molecular formula is C25H33ClN2O4. The zero-order valence-electron chi connectivity index (χ0n) is 18.9.